The van der Waals surface area contributed by atoms with Gasteiger partial charge in [-0.05, 0) is 63.0 Å². The first-order chi connectivity index (χ1) is 18.7. The van der Waals surface area contributed by atoms with E-state index in [2.05, 4.69) is 38.9 Å². The topological polar surface area (TPSA) is 120 Å². The third-order valence-corrected chi connectivity index (χ3v) is 7.17. The van der Waals surface area contributed by atoms with Crippen molar-refractivity contribution >= 4 is 40.0 Å². The fraction of sp³-hybridized carbons (Fsp3) is 0.250. The average Bonchev–Trinajstić information content (AvgIpc) is 2.87. The van der Waals surface area contributed by atoms with Crippen LogP contribution in [0.25, 0.3) is 17.0 Å². The van der Waals surface area contributed by atoms with Crippen LogP contribution in [-0.2, 0) is 0 Å². The molecule has 1 aliphatic heterocycles. The zero-order chi connectivity index (χ0) is 27.7. The molecular weight excluding hydrogens is 516 g/mol. The van der Waals surface area contributed by atoms with Crippen LogP contribution in [0.15, 0.2) is 60.1 Å². The summed E-state index contributed by atoms with van der Waals surface area (Å²) in [5, 5.41) is 1.43. The Morgan fingerprint density at radius 1 is 1.13 bits per heavy atom. The Morgan fingerprint density at radius 3 is 2.62 bits per heavy atom. The van der Waals surface area contributed by atoms with Crippen molar-refractivity contribution in [1.82, 2.24) is 19.5 Å². The lowest BCUT2D eigenvalue weighted by Crippen LogP contribution is -2.57. The number of fused-ring (bicyclic) bond motifs is 1. The minimum atomic E-state index is 0.351. The maximum absolute atomic E-state index is 6.96. The zero-order valence-electron chi connectivity index (χ0n) is 22.3. The average molecular weight is 547 g/mol. The van der Waals surface area contributed by atoms with Crippen molar-refractivity contribution in [3.8, 4) is 17.4 Å². The highest BCUT2D eigenvalue weighted by Crippen LogP contribution is 2.42. The van der Waals surface area contributed by atoms with E-state index in [1.165, 1.54) is 11.0 Å². The van der Waals surface area contributed by atoms with E-state index in [1.807, 2.05) is 25.1 Å². The molecular formula is C28H31ClN8O2. The number of anilines is 2. The van der Waals surface area contributed by atoms with Crippen LogP contribution in [0, 0.1) is 6.92 Å². The maximum atomic E-state index is 6.96. The predicted molar refractivity (Wildman–Crippen MR) is 156 cm³/mol. The molecule has 0 spiro atoms. The Balaban J connectivity index is 1.46. The van der Waals surface area contributed by atoms with Crippen molar-refractivity contribution in [1.29, 1.82) is 0 Å². The van der Waals surface area contributed by atoms with Crippen molar-refractivity contribution in [3.05, 3.63) is 76.8 Å². The van der Waals surface area contributed by atoms with E-state index in [4.69, 9.17) is 32.7 Å². The zero-order valence-corrected chi connectivity index (χ0v) is 23.1. The largest absolute Gasteiger partial charge is 0.495 e. The molecule has 1 saturated heterocycles. The van der Waals surface area contributed by atoms with Crippen molar-refractivity contribution < 1.29 is 9.47 Å². The van der Waals surface area contributed by atoms with Gasteiger partial charge in [0.25, 0.3) is 0 Å². The van der Waals surface area contributed by atoms with E-state index in [1.54, 1.807) is 43.8 Å². The molecule has 11 heteroatoms. The summed E-state index contributed by atoms with van der Waals surface area (Å²) in [6.45, 7) is 3.68. The van der Waals surface area contributed by atoms with Crippen LogP contribution in [0.1, 0.15) is 11.1 Å². The lowest BCUT2D eigenvalue weighted by molar-refractivity contribution is 0.246. The second-order valence-electron chi connectivity index (χ2n) is 9.62. The third-order valence-electron chi connectivity index (χ3n) is 6.76. The minimum absolute atomic E-state index is 0.351. The second kappa shape index (κ2) is 10.8. The van der Waals surface area contributed by atoms with Gasteiger partial charge < -0.3 is 30.8 Å². The molecule has 0 aliphatic carbocycles. The fourth-order valence-corrected chi connectivity index (χ4v) is 4.74. The van der Waals surface area contributed by atoms with Crippen LogP contribution in [0.2, 0.25) is 5.02 Å². The van der Waals surface area contributed by atoms with Gasteiger partial charge >= 0.3 is 0 Å². The number of hydrogen-bond acceptors (Lipinski definition) is 9. The number of aryl methyl sites for hydroxylation is 1. The number of nitrogens with two attached hydrogens (primary N) is 2. The number of likely N-dealkylation sites (N-methyl/N-ethyl adjacent to an activating group) is 1. The second-order valence-corrected chi connectivity index (χ2v) is 10.0. The van der Waals surface area contributed by atoms with Crippen LogP contribution >= 0.6 is 11.6 Å². The fourth-order valence-electron chi connectivity index (χ4n) is 4.44. The summed E-state index contributed by atoms with van der Waals surface area (Å²) in [6.07, 6.45) is 6.58. The smallest absolute Gasteiger partial charge is 0.224 e. The summed E-state index contributed by atoms with van der Waals surface area (Å²) < 4.78 is 12.9. The van der Waals surface area contributed by atoms with Crippen LogP contribution in [0.5, 0.6) is 17.4 Å². The van der Waals surface area contributed by atoms with E-state index in [9.17, 15) is 0 Å². The number of pyridine rings is 1. The minimum Gasteiger partial charge on any atom is -0.495 e. The van der Waals surface area contributed by atoms with Crippen molar-refractivity contribution in [2.24, 2.45) is 4.99 Å². The molecule has 202 valence electrons. The number of nitrogens with zero attached hydrogens (tertiary/aromatic N) is 6. The number of rotatable bonds is 7. The molecule has 2 aromatic carbocycles. The van der Waals surface area contributed by atoms with Gasteiger partial charge in [-0.1, -0.05) is 11.6 Å². The van der Waals surface area contributed by atoms with Crippen molar-refractivity contribution in [3.63, 3.8) is 0 Å². The summed E-state index contributed by atoms with van der Waals surface area (Å²) in [6, 6.07) is 11.4. The lowest BCUT2D eigenvalue weighted by atomic mass is 10.0. The molecule has 0 amide bonds. The van der Waals surface area contributed by atoms with Gasteiger partial charge in [-0.15, -0.1) is 0 Å². The van der Waals surface area contributed by atoms with Gasteiger partial charge in [-0.25, -0.2) is 14.7 Å². The molecule has 2 aromatic heterocycles. The maximum Gasteiger partial charge on any atom is 0.224 e. The Kier molecular flexibility index (Phi) is 7.32. The highest BCUT2D eigenvalue weighted by Gasteiger charge is 2.32. The summed E-state index contributed by atoms with van der Waals surface area (Å²) in [5.41, 5.74) is 10.3. The highest BCUT2D eigenvalue weighted by molar-refractivity contribution is 6.38. The van der Waals surface area contributed by atoms with Gasteiger partial charge in [0.05, 0.1) is 23.3 Å². The Hall–Kier alpha value is -4.28. The number of halogens is 1. The molecule has 1 fully saturated rings. The Morgan fingerprint density at radius 2 is 1.90 bits per heavy atom. The summed E-state index contributed by atoms with van der Waals surface area (Å²) in [7, 11) is 5.84. The summed E-state index contributed by atoms with van der Waals surface area (Å²) in [5.74, 6) is 7.81. The first-order valence-corrected chi connectivity index (χ1v) is 12.8. The van der Waals surface area contributed by atoms with E-state index in [-0.39, 0.29) is 0 Å². The lowest BCUT2D eigenvalue weighted by Gasteiger charge is -2.45. The van der Waals surface area contributed by atoms with Crippen molar-refractivity contribution in [2.45, 2.75) is 13.0 Å². The van der Waals surface area contributed by atoms with E-state index < -0.39 is 0 Å². The molecule has 0 atom stereocenters. The Labute approximate surface area is 231 Å². The number of methoxy groups -OCH3 is 1. The van der Waals surface area contributed by atoms with Gasteiger partial charge in [0.1, 0.15) is 17.8 Å². The summed E-state index contributed by atoms with van der Waals surface area (Å²) >= 11 is 6.96. The third kappa shape index (κ3) is 5.34. The van der Waals surface area contributed by atoms with E-state index >= 15 is 0 Å². The van der Waals surface area contributed by atoms with Gasteiger partial charge in [-0.2, -0.15) is 0 Å². The molecule has 0 unspecified atom stereocenters. The van der Waals surface area contributed by atoms with Crippen LogP contribution in [0.3, 0.4) is 0 Å². The monoisotopic (exact) mass is 546 g/mol. The SMILES string of the molecule is COc1ccc2ncc(/C=C\N=c3cc(Oc4ccc(N)cc4C)ncn3N)c(Cl)c2c1N1CC(N(C)C)C1. The number of hydrogen-bond donors (Lipinski definition) is 2. The van der Waals surface area contributed by atoms with E-state index in [0.717, 1.165) is 46.6 Å². The molecule has 3 heterocycles. The number of nitrogen functional groups attached to an aromatic ring is 2. The van der Waals surface area contributed by atoms with Gasteiger partial charge in [0.15, 0.2) is 5.49 Å². The van der Waals surface area contributed by atoms with Crippen LogP contribution in [-0.4, -0.2) is 59.9 Å². The van der Waals surface area contributed by atoms with Gasteiger partial charge in [0.2, 0.25) is 5.88 Å². The van der Waals surface area contributed by atoms with Crippen LogP contribution < -0.4 is 31.4 Å². The number of ether oxygens (including phenoxy) is 2. The molecule has 10 nitrogen and oxygen atoms in total. The molecule has 4 N–H and O–H groups in total. The Bertz CT molecular complexity index is 1630. The summed E-state index contributed by atoms with van der Waals surface area (Å²) in [4.78, 5) is 17.9. The first-order valence-electron chi connectivity index (χ1n) is 12.4. The first kappa shape index (κ1) is 26.3. The molecule has 0 bridgehead atoms. The molecule has 4 aromatic rings. The highest BCUT2D eigenvalue weighted by atomic mass is 35.5. The van der Waals surface area contributed by atoms with Gasteiger partial charge in [0, 0.05) is 54.2 Å². The molecule has 5 rings (SSSR count). The molecule has 39 heavy (non-hydrogen) atoms. The van der Waals surface area contributed by atoms with Gasteiger partial charge in [-0.3, -0.25) is 4.98 Å². The standard InChI is InChI=1S/C28H31ClN8O2/c1-17-11-19(30)5-7-22(17)39-25-12-24(37(31)16-34-25)32-10-9-18-13-33-21-6-8-23(38-4)28(26(21)27(18)29)36-14-20(15-36)35(2)3/h5-13,16,20H,14-15,30-31H2,1-4H3/b10-9-,32-24?. The predicted octanol–water partition coefficient (Wildman–Crippen LogP) is 3.81. The molecule has 0 saturated carbocycles. The van der Waals surface area contributed by atoms with Crippen LogP contribution in [0.4, 0.5) is 11.4 Å². The molecule has 1 aliphatic rings. The van der Waals surface area contributed by atoms with Crippen molar-refractivity contribution in [2.75, 3.05) is 50.8 Å². The quantitative estimate of drug-likeness (QED) is 0.265. The number of aromatic nitrogens is 3. The number of benzene rings is 2. The normalized spacial score (nSPS) is 14.4. The van der Waals surface area contributed by atoms with E-state index in [0.29, 0.717) is 33.9 Å². The molecule has 0 radical (unpaired) electrons.